The summed E-state index contributed by atoms with van der Waals surface area (Å²) in [6.07, 6.45) is 2.27. The van der Waals surface area contributed by atoms with Crippen LogP contribution in [0, 0.1) is 0 Å². The number of carbonyl (C=O) groups is 5. The van der Waals surface area contributed by atoms with Crippen molar-refractivity contribution in [1.82, 2.24) is 10.6 Å². The average Bonchev–Trinajstić information content (AvgIpc) is 3.13. The SMILES string of the molecule is CCOC(=O)CNC(=O)[C@H](CSC(=O)CCCCP(Br)(c1ccccc1)(c1ccccc1)c1ccccc1)NC(=O)CC[C@H](N)C(=O)OC. The molecule has 2 amide bonds. The van der Waals surface area contributed by atoms with Crippen molar-refractivity contribution in [1.29, 1.82) is 0 Å². The first-order valence-corrected chi connectivity index (χ1v) is 21.6. The monoisotopic (exact) mass is 773 g/mol. The number of benzene rings is 3. The molecule has 0 unspecified atom stereocenters. The molecule has 3 aromatic rings. The molecule has 0 aliphatic heterocycles. The predicted molar refractivity (Wildman–Crippen MR) is 201 cm³/mol. The molecule has 0 aliphatic carbocycles. The zero-order valence-electron chi connectivity index (χ0n) is 27.8. The van der Waals surface area contributed by atoms with Gasteiger partial charge in [0.1, 0.15) is 6.04 Å². The molecule has 0 bridgehead atoms. The Morgan fingerprint density at radius 3 is 1.86 bits per heavy atom. The number of thioether (sulfide) groups is 1. The second-order valence-corrected chi connectivity index (χ2v) is 21.5. The van der Waals surface area contributed by atoms with Crippen molar-refractivity contribution in [2.75, 3.05) is 32.2 Å². The van der Waals surface area contributed by atoms with Crippen molar-refractivity contribution in [3.05, 3.63) is 91.0 Å². The summed E-state index contributed by atoms with van der Waals surface area (Å²) in [7, 11) is 1.20. The van der Waals surface area contributed by atoms with E-state index in [-0.39, 0.29) is 43.3 Å². The van der Waals surface area contributed by atoms with Gasteiger partial charge in [-0.1, -0.05) is 0 Å². The third kappa shape index (κ3) is 11.0. The maximum atomic E-state index is 13.1. The van der Waals surface area contributed by atoms with E-state index in [0.717, 1.165) is 24.3 Å². The third-order valence-electron chi connectivity index (χ3n) is 8.05. The molecule has 13 heteroatoms. The van der Waals surface area contributed by atoms with E-state index in [4.69, 9.17) is 10.5 Å². The Morgan fingerprint density at radius 2 is 1.37 bits per heavy atom. The zero-order valence-corrected chi connectivity index (χ0v) is 31.1. The Morgan fingerprint density at radius 1 is 0.837 bits per heavy atom. The fourth-order valence-electron chi connectivity index (χ4n) is 5.48. The van der Waals surface area contributed by atoms with Crippen molar-refractivity contribution < 1.29 is 33.4 Å². The molecule has 49 heavy (non-hydrogen) atoms. The van der Waals surface area contributed by atoms with Crippen molar-refractivity contribution >= 4 is 77.3 Å². The number of methoxy groups -OCH3 is 1. The average molecular weight is 775 g/mol. The van der Waals surface area contributed by atoms with Crippen molar-refractivity contribution in [3.8, 4) is 0 Å². The van der Waals surface area contributed by atoms with Crippen LogP contribution in [0.4, 0.5) is 0 Å². The molecule has 0 saturated heterocycles. The molecule has 0 heterocycles. The Kier molecular flexibility index (Phi) is 15.9. The van der Waals surface area contributed by atoms with Crippen LogP contribution in [0.25, 0.3) is 0 Å². The number of rotatable bonds is 19. The van der Waals surface area contributed by atoms with E-state index in [2.05, 4.69) is 104 Å². The van der Waals surface area contributed by atoms with E-state index in [1.807, 2.05) is 18.2 Å². The number of amides is 2. The Bertz CT molecular complexity index is 1450. The molecular weight excluding hydrogens is 729 g/mol. The van der Waals surface area contributed by atoms with Crippen LogP contribution in [0.3, 0.4) is 0 Å². The maximum absolute atomic E-state index is 13.1. The van der Waals surface area contributed by atoms with Crippen LogP contribution < -0.4 is 32.3 Å². The number of nitrogens with two attached hydrogens (primary N) is 1. The molecule has 10 nitrogen and oxygen atoms in total. The minimum Gasteiger partial charge on any atom is -0.468 e. The van der Waals surface area contributed by atoms with Crippen molar-refractivity contribution in [2.45, 2.75) is 51.1 Å². The number of carbonyl (C=O) groups excluding carboxylic acids is 5. The number of ether oxygens (including phenoxy) is 2. The van der Waals surface area contributed by atoms with E-state index in [9.17, 15) is 24.0 Å². The van der Waals surface area contributed by atoms with Crippen LogP contribution in [-0.4, -0.2) is 73.1 Å². The molecule has 4 N–H and O–H groups in total. The fraction of sp³-hybridized carbons (Fsp3) is 0.361. The van der Waals surface area contributed by atoms with E-state index in [1.54, 1.807) is 6.92 Å². The van der Waals surface area contributed by atoms with E-state index < -0.39 is 41.1 Å². The quantitative estimate of drug-likeness (QED) is 0.0941. The summed E-state index contributed by atoms with van der Waals surface area (Å²) in [5, 5.41) is 5.42. The van der Waals surface area contributed by atoms with Crippen LogP contribution in [-0.2, 0) is 33.4 Å². The zero-order chi connectivity index (χ0) is 35.7. The first-order valence-electron chi connectivity index (χ1n) is 16.1. The Labute approximate surface area is 300 Å². The van der Waals surface area contributed by atoms with Gasteiger partial charge < -0.3 is 15.2 Å². The molecular formula is C36H45BrN3O7PS. The first-order chi connectivity index (χ1) is 23.5. The summed E-state index contributed by atoms with van der Waals surface area (Å²) in [5.41, 5.74) is 5.73. The summed E-state index contributed by atoms with van der Waals surface area (Å²) in [5.74, 6) is -2.49. The van der Waals surface area contributed by atoms with Gasteiger partial charge in [0.25, 0.3) is 0 Å². The van der Waals surface area contributed by atoms with Crippen LogP contribution >= 0.6 is 32.6 Å². The van der Waals surface area contributed by atoms with Crippen LogP contribution in [0.15, 0.2) is 91.0 Å². The topological polar surface area (TPSA) is 154 Å². The molecule has 3 aromatic carbocycles. The molecule has 264 valence electrons. The first kappa shape index (κ1) is 39.9. The number of unbranched alkanes of at least 4 members (excludes halogenated alkanes) is 1. The summed E-state index contributed by atoms with van der Waals surface area (Å²) in [4.78, 5) is 62.1. The minimum atomic E-state index is -3.12. The van der Waals surface area contributed by atoms with Gasteiger partial charge in [0.05, 0.1) is 13.7 Å². The van der Waals surface area contributed by atoms with Gasteiger partial charge in [-0.25, -0.2) is 0 Å². The summed E-state index contributed by atoms with van der Waals surface area (Å²) in [6, 6.07) is 29.2. The Hall–Kier alpha value is -3.57. The minimum absolute atomic E-state index is 0.00929. The van der Waals surface area contributed by atoms with Gasteiger partial charge in [0.2, 0.25) is 0 Å². The van der Waals surface area contributed by atoms with Gasteiger partial charge in [-0.2, -0.15) is 0 Å². The molecule has 0 fully saturated rings. The number of esters is 2. The normalized spacial score (nSPS) is 13.2. The van der Waals surface area contributed by atoms with Gasteiger partial charge >= 0.3 is 250 Å². The van der Waals surface area contributed by atoms with Crippen LogP contribution in [0.2, 0.25) is 0 Å². The van der Waals surface area contributed by atoms with E-state index >= 15 is 0 Å². The second-order valence-electron chi connectivity index (χ2n) is 11.4. The summed E-state index contributed by atoms with van der Waals surface area (Å²) < 4.78 is 9.45. The van der Waals surface area contributed by atoms with Gasteiger partial charge in [-0.3, -0.25) is 9.59 Å². The van der Waals surface area contributed by atoms with Gasteiger partial charge in [0.15, 0.2) is 0 Å². The standard InChI is InChI=1S/C36H45BrN3O7PS/c1-3-47-33(42)25-39-35(44)31(40-32(41)23-22-30(38)36(45)46-2)26-49-34(43)21-13-14-24-48(37,27-15-7-4-8-16-27,28-17-9-5-10-18-28)29-19-11-6-12-20-29/h4-12,15-20,30-31H,3,13-14,21-26,38H2,1-2H3,(H,39,44)(H,40,41)/t30-,31-/m0/s1. The molecule has 0 radical (unpaired) electrons. The number of nitrogens with one attached hydrogen (secondary N) is 2. The number of halogens is 1. The smallest absolute Gasteiger partial charge is 0.468 e. The second kappa shape index (κ2) is 19.6. The Balaban J connectivity index is 1.69. The van der Waals surface area contributed by atoms with Crippen LogP contribution in [0.5, 0.6) is 0 Å². The van der Waals surface area contributed by atoms with Crippen molar-refractivity contribution in [3.63, 3.8) is 0 Å². The summed E-state index contributed by atoms with van der Waals surface area (Å²) >= 11 is 5.38. The third-order valence-corrected chi connectivity index (χ3v) is 19.1. The van der Waals surface area contributed by atoms with Gasteiger partial charge in [-0.15, -0.1) is 0 Å². The van der Waals surface area contributed by atoms with Crippen molar-refractivity contribution in [2.24, 2.45) is 5.73 Å². The molecule has 2 atom stereocenters. The van der Waals surface area contributed by atoms with Gasteiger partial charge in [0, 0.05) is 0 Å². The molecule has 0 aliphatic rings. The van der Waals surface area contributed by atoms with E-state index in [0.29, 0.717) is 6.42 Å². The van der Waals surface area contributed by atoms with Crippen LogP contribution in [0.1, 0.15) is 39.0 Å². The molecule has 0 aromatic heterocycles. The predicted octanol–water partition coefficient (Wildman–Crippen LogP) is 3.70. The van der Waals surface area contributed by atoms with E-state index in [1.165, 1.54) is 23.0 Å². The fourth-order valence-corrected chi connectivity index (χ4v) is 14.1. The molecule has 0 saturated carbocycles. The number of hydrogen-bond donors (Lipinski definition) is 3. The van der Waals surface area contributed by atoms with Gasteiger partial charge in [-0.05, 0) is 6.92 Å². The number of hydrogen-bond acceptors (Lipinski definition) is 9. The molecule has 0 spiro atoms. The molecule has 3 rings (SSSR count). The summed E-state index contributed by atoms with van der Waals surface area (Å²) in [6.45, 7) is 1.42.